The van der Waals surface area contributed by atoms with Crippen molar-refractivity contribution in [3.8, 4) is 0 Å². The molecule has 5 nitrogen and oxygen atoms in total. The molecule has 0 spiro atoms. The van der Waals surface area contributed by atoms with E-state index < -0.39 is 18.0 Å². The molecule has 0 radical (unpaired) electrons. The summed E-state index contributed by atoms with van der Waals surface area (Å²) in [4.78, 5) is 21.9. The molecule has 1 aromatic carbocycles. The third-order valence-corrected chi connectivity index (χ3v) is 2.88. The number of carboxylic acids is 1. The summed E-state index contributed by atoms with van der Waals surface area (Å²) in [6, 6.07) is 3.55. The molecule has 0 fully saturated rings. The van der Waals surface area contributed by atoms with Crippen LogP contribution >= 0.6 is 34.2 Å². The highest BCUT2D eigenvalue weighted by molar-refractivity contribution is 14.1. The van der Waals surface area contributed by atoms with Crippen molar-refractivity contribution in [3.63, 3.8) is 0 Å². The van der Waals surface area contributed by atoms with Gasteiger partial charge in [-0.25, -0.2) is 4.79 Å². The summed E-state index contributed by atoms with van der Waals surface area (Å²) in [6.07, 6.45) is 0. The minimum atomic E-state index is -1.10. The standard InChI is InChI=1S/C10H10ClIN2O3/c1-5(9(15)16)13-10(17)14-8-3-2-6(12)4-7(8)11/h2-5H,1H3,(H,15,16)(H2,13,14,17). The van der Waals surface area contributed by atoms with E-state index in [0.29, 0.717) is 10.7 Å². The molecular weight excluding hydrogens is 358 g/mol. The summed E-state index contributed by atoms with van der Waals surface area (Å²) in [5.74, 6) is -1.10. The number of hydrogen-bond donors (Lipinski definition) is 3. The molecule has 7 heteroatoms. The molecule has 1 rings (SSSR count). The number of nitrogens with one attached hydrogen (secondary N) is 2. The van der Waals surface area contributed by atoms with Gasteiger partial charge in [-0.05, 0) is 47.7 Å². The lowest BCUT2D eigenvalue weighted by atomic mass is 10.3. The smallest absolute Gasteiger partial charge is 0.325 e. The Kier molecular flexibility index (Phi) is 5.01. The SMILES string of the molecule is CC(NC(=O)Nc1ccc(I)cc1Cl)C(=O)O. The van der Waals surface area contributed by atoms with Crippen molar-refractivity contribution in [1.29, 1.82) is 0 Å². The molecule has 1 atom stereocenters. The second kappa shape index (κ2) is 6.06. The van der Waals surface area contributed by atoms with Crippen LogP contribution in [0.3, 0.4) is 0 Å². The van der Waals surface area contributed by atoms with Crippen LogP contribution in [0.15, 0.2) is 18.2 Å². The van der Waals surface area contributed by atoms with Crippen LogP contribution in [0, 0.1) is 3.57 Å². The molecule has 0 bridgehead atoms. The fourth-order valence-electron chi connectivity index (χ4n) is 1.01. The largest absolute Gasteiger partial charge is 0.480 e. The predicted octanol–water partition coefficient (Wildman–Crippen LogP) is 2.54. The molecule has 1 aromatic rings. The summed E-state index contributed by atoms with van der Waals surface area (Å²) in [5, 5.41) is 13.8. The van der Waals surface area contributed by atoms with Crippen LogP contribution < -0.4 is 10.6 Å². The van der Waals surface area contributed by atoms with Crippen LogP contribution in [-0.4, -0.2) is 23.1 Å². The van der Waals surface area contributed by atoms with Crippen LogP contribution in [0.25, 0.3) is 0 Å². The van der Waals surface area contributed by atoms with Crippen molar-refractivity contribution in [3.05, 3.63) is 26.8 Å². The van der Waals surface area contributed by atoms with Crippen molar-refractivity contribution in [1.82, 2.24) is 5.32 Å². The minimum Gasteiger partial charge on any atom is -0.480 e. The number of urea groups is 1. The number of benzene rings is 1. The van der Waals surface area contributed by atoms with Gasteiger partial charge in [-0.2, -0.15) is 0 Å². The van der Waals surface area contributed by atoms with Crippen molar-refractivity contribution in [2.24, 2.45) is 0 Å². The highest BCUT2D eigenvalue weighted by Gasteiger charge is 2.14. The Morgan fingerprint density at radius 2 is 2.12 bits per heavy atom. The molecule has 17 heavy (non-hydrogen) atoms. The van der Waals surface area contributed by atoms with Crippen LogP contribution in [0.1, 0.15) is 6.92 Å². The minimum absolute atomic E-state index is 0.398. The first-order valence-corrected chi connectivity index (χ1v) is 6.11. The maximum atomic E-state index is 11.4. The van der Waals surface area contributed by atoms with Crippen LogP contribution in [0.4, 0.5) is 10.5 Å². The van der Waals surface area contributed by atoms with E-state index in [9.17, 15) is 9.59 Å². The Bertz CT molecular complexity index is 453. The number of amides is 2. The second-order valence-electron chi connectivity index (χ2n) is 3.28. The molecule has 0 aliphatic heterocycles. The van der Waals surface area contributed by atoms with Crippen molar-refractivity contribution >= 4 is 51.9 Å². The average Bonchev–Trinajstić information content (AvgIpc) is 2.22. The molecule has 0 saturated heterocycles. The molecule has 0 aromatic heterocycles. The number of aliphatic carboxylic acids is 1. The fraction of sp³-hybridized carbons (Fsp3) is 0.200. The van der Waals surface area contributed by atoms with Gasteiger partial charge in [0.05, 0.1) is 10.7 Å². The van der Waals surface area contributed by atoms with E-state index in [1.807, 2.05) is 0 Å². The van der Waals surface area contributed by atoms with Gasteiger partial charge >= 0.3 is 12.0 Å². The first kappa shape index (κ1) is 14.0. The molecule has 2 amide bonds. The number of carbonyl (C=O) groups excluding carboxylic acids is 1. The average molecular weight is 369 g/mol. The molecule has 0 aliphatic carbocycles. The second-order valence-corrected chi connectivity index (χ2v) is 4.94. The number of carbonyl (C=O) groups is 2. The van der Waals surface area contributed by atoms with E-state index in [1.54, 1.807) is 18.2 Å². The zero-order valence-corrected chi connectivity index (χ0v) is 11.7. The third kappa shape index (κ3) is 4.39. The number of rotatable bonds is 3. The Balaban J connectivity index is 2.65. The first-order chi connectivity index (χ1) is 7.90. The van der Waals surface area contributed by atoms with Crippen molar-refractivity contribution in [2.75, 3.05) is 5.32 Å². The number of halogens is 2. The lowest BCUT2D eigenvalue weighted by Gasteiger charge is -2.11. The zero-order chi connectivity index (χ0) is 13.0. The Morgan fingerprint density at radius 1 is 1.47 bits per heavy atom. The number of carboxylic acid groups (broad SMARTS) is 1. The Morgan fingerprint density at radius 3 is 2.65 bits per heavy atom. The summed E-state index contributed by atoms with van der Waals surface area (Å²) in [5.41, 5.74) is 0.433. The molecule has 0 aliphatic rings. The normalized spacial score (nSPS) is 11.7. The maximum Gasteiger partial charge on any atom is 0.325 e. The molecular formula is C10H10ClIN2O3. The van der Waals surface area contributed by atoms with Gasteiger partial charge in [-0.1, -0.05) is 11.6 Å². The fourth-order valence-corrected chi connectivity index (χ4v) is 1.91. The van der Waals surface area contributed by atoms with Crippen LogP contribution in [-0.2, 0) is 4.79 Å². The lowest BCUT2D eigenvalue weighted by Crippen LogP contribution is -2.40. The topological polar surface area (TPSA) is 78.4 Å². The Labute approximate surface area is 117 Å². The third-order valence-electron chi connectivity index (χ3n) is 1.90. The van der Waals surface area contributed by atoms with Crippen LogP contribution in [0.5, 0.6) is 0 Å². The predicted molar refractivity (Wildman–Crippen MR) is 73.4 cm³/mol. The number of hydrogen-bond acceptors (Lipinski definition) is 2. The highest BCUT2D eigenvalue weighted by atomic mass is 127. The Hall–Kier alpha value is -1.02. The van der Waals surface area contributed by atoms with Gasteiger partial charge in [-0.15, -0.1) is 0 Å². The van der Waals surface area contributed by atoms with E-state index >= 15 is 0 Å². The van der Waals surface area contributed by atoms with Gasteiger partial charge in [0.2, 0.25) is 0 Å². The summed E-state index contributed by atoms with van der Waals surface area (Å²) < 4.78 is 0.942. The summed E-state index contributed by atoms with van der Waals surface area (Å²) in [7, 11) is 0. The maximum absolute atomic E-state index is 11.4. The molecule has 0 heterocycles. The van der Waals surface area contributed by atoms with E-state index in [1.165, 1.54) is 6.92 Å². The van der Waals surface area contributed by atoms with Crippen LogP contribution in [0.2, 0.25) is 5.02 Å². The zero-order valence-electron chi connectivity index (χ0n) is 8.83. The summed E-state index contributed by atoms with van der Waals surface area (Å²) >= 11 is 8.00. The monoisotopic (exact) mass is 368 g/mol. The van der Waals surface area contributed by atoms with Gasteiger partial charge in [-0.3, -0.25) is 4.79 Å². The molecule has 3 N–H and O–H groups in total. The highest BCUT2D eigenvalue weighted by Crippen LogP contribution is 2.23. The number of anilines is 1. The van der Waals surface area contributed by atoms with E-state index in [0.717, 1.165) is 3.57 Å². The molecule has 0 saturated carbocycles. The lowest BCUT2D eigenvalue weighted by molar-refractivity contribution is -0.138. The van der Waals surface area contributed by atoms with Gasteiger partial charge < -0.3 is 15.7 Å². The quantitative estimate of drug-likeness (QED) is 0.718. The van der Waals surface area contributed by atoms with Crippen molar-refractivity contribution in [2.45, 2.75) is 13.0 Å². The van der Waals surface area contributed by atoms with Gasteiger partial charge in [0, 0.05) is 3.57 Å². The first-order valence-electron chi connectivity index (χ1n) is 4.65. The van der Waals surface area contributed by atoms with E-state index in [4.69, 9.17) is 16.7 Å². The van der Waals surface area contributed by atoms with Gasteiger partial charge in [0.1, 0.15) is 6.04 Å². The van der Waals surface area contributed by atoms with Gasteiger partial charge in [0.25, 0.3) is 0 Å². The summed E-state index contributed by atoms with van der Waals surface area (Å²) in [6.45, 7) is 1.37. The van der Waals surface area contributed by atoms with E-state index in [-0.39, 0.29) is 0 Å². The van der Waals surface area contributed by atoms with Gasteiger partial charge in [0.15, 0.2) is 0 Å². The molecule has 92 valence electrons. The molecule has 1 unspecified atom stereocenters. The van der Waals surface area contributed by atoms with Crippen molar-refractivity contribution < 1.29 is 14.7 Å². The van der Waals surface area contributed by atoms with E-state index in [2.05, 4.69) is 33.2 Å².